The van der Waals surface area contributed by atoms with E-state index in [1.54, 1.807) is 0 Å². The summed E-state index contributed by atoms with van der Waals surface area (Å²) in [5, 5.41) is 0. The Morgan fingerprint density at radius 2 is 1.21 bits per heavy atom. The summed E-state index contributed by atoms with van der Waals surface area (Å²) < 4.78 is 0. The Morgan fingerprint density at radius 1 is 0.857 bits per heavy atom. The van der Waals surface area contributed by atoms with Crippen molar-refractivity contribution in [2.24, 2.45) is 0 Å². The van der Waals surface area contributed by atoms with Gasteiger partial charge in [-0.05, 0) is 50.7 Å². The number of aldehydes is 2. The number of hydrogen-bond acceptors (Lipinski definition) is 2. The van der Waals surface area contributed by atoms with Crippen molar-refractivity contribution in [2.45, 2.75) is 39.5 Å². The van der Waals surface area contributed by atoms with Crippen molar-refractivity contribution in [2.75, 3.05) is 0 Å². The minimum atomic E-state index is 0.796. The SMILES string of the molecule is CC(C=O)=CCCCCC=C(C)C=O. The number of carbonyl (C=O) groups is 2. The van der Waals surface area contributed by atoms with Gasteiger partial charge in [-0.15, -0.1) is 0 Å². The van der Waals surface area contributed by atoms with Crippen LogP contribution in [0, 0.1) is 0 Å². The van der Waals surface area contributed by atoms with E-state index in [1.165, 1.54) is 0 Å². The molecule has 2 heteroatoms. The van der Waals surface area contributed by atoms with E-state index in [-0.39, 0.29) is 0 Å². The van der Waals surface area contributed by atoms with Crippen LogP contribution >= 0.6 is 0 Å². The van der Waals surface area contributed by atoms with Crippen molar-refractivity contribution in [1.82, 2.24) is 0 Å². The first kappa shape index (κ1) is 12.8. The van der Waals surface area contributed by atoms with Gasteiger partial charge in [0.2, 0.25) is 0 Å². The molecule has 0 amide bonds. The average Bonchev–Trinajstić information content (AvgIpc) is 2.22. The quantitative estimate of drug-likeness (QED) is 0.355. The maximum Gasteiger partial charge on any atom is 0.145 e. The van der Waals surface area contributed by atoms with Crippen LogP contribution in [0.25, 0.3) is 0 Å². The highest BCUT2D eigenvalue weighted by molar-refractivity contribution is 5.72. The van der Waals surface area contributed by atoms with Crippen molar-refractivity contribution >= 4 is 12.6 Å². The Kier molecular flexibility index (Phi) is 7.71. The van der Waals surface area contributed by atoms with Crippen LogP contribution in [0.15, 0.2) is 23.3 Å². The fourth-order valence-electron chi connectivity index (χ4n) is 1.04. The number of rotatable bonds is 7. The molecule has 78 valence electrons. The predicted molar refractivity (Wildman–Crippen MR) is 58.1 cm³/mol. The highest BCUT2D eigenvalue weighted by Crippen LogP contribution is 2.04. The second kappa shape index (κ2) is 8.42. The van der Waals surface area contributed by atoms with Gasteiger partial charge in [0, 0.05) is 0 Å². The molecule has 2 nitrogen and oxygen atoms in total. The first-order valence-electron chi connectivity index (χ1n) is 4.94. The molecular formula is C12H18O2. The van der Waals surface area contributed by atoms with Crippen LogP contribution in [0.5, 0.6) is 0 Å². The molecule has 0 bridgehead atoms. The van der Waals surface area contributed by atoms with Crippen molar-refractivity contribution < 1.29 is 9.59 Å². The van der Waals surface area contributed by atoms with Gasteiger partial charge < -0.3 is 0 Å². The zero-order valence-corrected chi connectivity index (χ0v) is 8.95. The molecule has 0 atom stereocenters. The van der Waals surface area contributed by atoms with Gasteiger partial charge in [-0.25, -0.2) is 0 Å². The maximum atomic E-state index is 10.2. The highest BCUT2D eigenvalue weighted by Gasteiger charge is 1.88. The Balaban J connectivity index is 3.48. The zero-order valence-electron chi connectivity index (χ0n) is 8.95. The van der Waals surface area contributed by atoms with E-state index in [4.69, 9.17) is 0 Å². The normalized spacial score (nSPS) is 12.7. The van der Waals surface area contributed by atoms with E-state index in [1.807, 2.05) is 26.0 Å². The zero-order chi connectivity index (χ0) is 10.8. The summed E-state index contributed by atoms with van der Waals surface area (Å²) in [4.78, 5) is 20.5. The molecule has 0 aromatic carbocycles. The van der Waals surface area contributed by atoms with Crippen LogP contribution in [0.1, 0.15) is 39.5 Å². The topological polar surface area (TPSA) is 34.1 Å². The molecule has 0 spiro atoms. The average molecular weight is 194 g/mol. The second-order valence-electron chi connectivity index (χ2n) is 3.42. The van der Waals surface area contributed by atoms with E-state index in [2.05, 4.69) is 0 Å². The lowest BCUT2D eigenvalue weighted by molar-refractivity contribution is -0.105. The van der Waals surface area contributed by atoms with Gasteiger partial charge in [0.05, 0.1) is 0 Å². The molecule has 14 heavy (non-hydrogen) atoms. The lowest BCUT2D eigenvalue weighted by atomic mass is 10.1. The summed E-state index contributed by atoms with van der Waals surface area (Å²) in [5.41, 5.74) is 1.59. The Bertz CT molecular complexity index is 211. The molecule has 0 aromatic rings. The van der Waals surface area contributed by atoms with Crippen LogP contribution in [-0.4, -0.2) is 12.6 Å². The molecule has 0 N–H and O–H groups in total. The summed E-state index contributed by atoms with van der Waals surface area (Å²) in [6.45, 7) is 3.62. The first-order chi connectivity index (χ1) is 6.70. The Labute approximate surface area is 85.7 Å². The van der Waals surface area contributed by atoms with E-state index < -0.39 is 0 Å². The van der Waals surface area contributed by atoms with Gasteiger partial charge in [0.1, 0.15) is 12.6 Å². The fourth-order valence-corrected chi connectivity index (χ4v) is 1.04. The molecule has 0 saturated carbocycles. The van der Waals surface area contributed by atoms with Crippen LogP contribution in [0.3, 0.4) is 0 Å². The highest BCUT2D eigenvalue weighted by atomic mass is 16.1. The van der Waals surface area contributed by atoms with Crippen LogP contribution in [0.4, 0.5) is 0 Å². The van der Waals surface area contributed by atoms with Crippen molar-refractivity contribution in [3.8, 4) is 0 Å². The fraction of sp³-hybridized carbons (Fsp3) is 0.500. The summed E-state index contributed by atoms with van der Waals surface area (Å²) >= 11 is 0. The minimum Gasteiger partial charge on any atom is -0.298 e. The molecule has 0 saturated heterocycles. The number of unbranched alkanes of at least 4 members (excludes halogenated alkanes) is 3. The third kappa shape index (κ3) is 7.47. The number of allylic oxidation sites excluding steroid dienone is 4. The predicted octanol–water partition coefficient (Wildman–Crippen LogP) is 2.84. The van der Waals surface area contributed by atoms with Crippen molar-refractivity contribution in [1.29, 1.82) is 0 Å². The minimum absolute atomic E-state index is 0.796. The van der Waals surface area contributed by atoms with Crippen LogP contribution in [0.2, 0.25) is 0 Å². The third-order valence-electron chi connectivity index (χ3n) is 1.96. The Morgan fingerprint density at radius 3 is 1.50 bits per heavy atom. The largest absolute Gasteiger partial charge is 0.298 e. The van der Waals surface area contributed by atoms with E-state index >= 15 is 0 Å². The van der Waals surface area contributed by atoms with Crippen LogP contribution < -0.4 is 0 Å². The molecule has 0 heterocycles. The molecule has 0 unspecified atom stereocenters. The molecular weight excluding hydrogens is 176 g/mol. The monoisotopic (exact) mass is 194 g/mol. The lowest BCUT2D eigenvalue weighted by Crippen LogP contribution is -1.80. The summed E-state index contributed by atoms with van der Waals surface area (Å²) in [6, 6.07) is 0. The number of hydrogen-bond donors (Lipinski definition) is 0. The lowest BCUT2D eigenvalue weighted by Gasteiger charge is -1.94. The van der Waals surface area contributed by atoms with Gasteiger partial charge in [-0.1, -0.05) is 12.2 Å². The smallest absolute Gasteiger partial charge is 0.145 e. The number of carbonyl (C=O) groups excluding carboxylic acids is 2. The standard InChI is InChI=1S/C12H18O2/c1-11(9-13)7-5-3-4-6-8-12(2)10-14/h7-10H,3-6H2,1-2H3. The first-order valence-corrected chi connectivity index (χ1v) is 4.94. The summed E-state index contributed by atoms with van der Waals surface area (Å²) in [5.74, 6) is 0. The maximum absolute atomic E-state index is 10.2. The van der Waals surface area contributed by atoms with Crippen molar-refractivity contribution in [3.05, 3.63) is 23.3 Å². The molecule has 0 fully saturated rings. The van der Waals surface area contributed by atoms with Crippen molar-refractivity contribution in [3.63, 3.8) is 0 Å². The van der Waals surface area contributed by atoms with Gasteiger partial charge in [-0.3, -0.25) is 9.59 Å². The van der Waals surface area contributed by atoms with E-state index in [9.17, 15) is 9.59 Å². The van der Waals surface area contributed by atoms with Gasteiger partial charge in [0.15, 0.2) is 0 Å². The molecule has 0 aliphatic rings. The van der Waals surface area contributed by atoms with Crippen LogP contribution in [-0.2, 0) is 9.59 Å². The molecule has 0 aromatic heterocycles. The molecule has 0 radical (unpaired) electrons. The van der Waals surface area contributed by atoms with E-state index in [0.717, 1.165) is 49.4 Å². The van der Waals surface area contributed by atoms with Gasteiger partial charge in [0.25, 0.3) is 0 Å². The molecule has 0 aliphatic carbocycles. The summed E-state index contributed by atoms with van der Waals surface area (Å²) in [7, 11) is 0. The molecule has 0 rings (SSSR count). The second-order valence-corrected chi connectivity index (χ2v) is 3.42. The van der Waals surface area contributed by atoms with Gasteiger partial charge >= 0.3 is 0 Å². The summed E-state index contributed by atoms with van der Waals surface area (Å²) in [6.07, 6.45) is 9.65. The third-order valence-corrected chi connectivity index (χ3v) is 1.96. The molecule has 0 aliphatic heterocycles. The van der Waals surface area contributed by atoms with Gasteiger partial charge in [-0.2, -0.15) is 0 Å². The Hall–Kier alpha value is -1.18. The van der Waals surface area contributed by atoms with E-state index in [0.29, 0.717) is 0 Å².